The Kier molecular flexibility index (Phi) is 7.31. The highest BCUT2D eigenvalue weighted by molar-refractivity contribution is 5.92. The molecule has 0 spiro atoms. The number of nitro benzene ring substituents is 1. The van der Waals surface area contributed by atoms with E-state index in [4.69, 9.17) is 0 Å². The van der Waals surface area contributed by atoms with E-state index in [9.17, 15) is 19.7 Å². The largest absolute Gasteiger partial charge is 0.338 e. The van der Waals surface area contributed by atoms with Crippen LogP contribution >= 0.6 is 0 Å². The van der Waals surface area contributed by atoms with Crippen molar-refractivity contribution >= 4 is 23.2 Å². The molecule has 1 rings (SSSR count). The van der Waals surface area contributed by atoms with Crippen LogP contribution in [0.15, 0.2) is 18.2 Å². The summed E-state index contributed by atoms with van der Waals surface area (Å²) >= 11 is 0. The highest BCUT2D eigenvalue weighted by Crippen LogP contribution is 2.21. The van der Waals surface area contributed by atoms with E-state index in [-0.39, 0.29) is 30.6 Å². The van der Waals surface area contributed by atoms with Gasteiger partial charge in [-0.05, 0) is 26.3 Å². The van der Waals surface area contributed by atoms with Gasteiger partial charge in [0.2, 0.25) is 0 Å². The molecule has 1 atom stereocenters. The van der Waals surface area contributed by atoms with Gasteiger partial charge < -0.3 is 15.1 Å². The summed E-state index contributed by atoms with van der Waals surface area (Å²) in [6, 6.07) is 4.32. The number of quaternary nitrogens is 1. The Morgan fingerprint density at radius 2 is 1.88 bits per heavy atom. The number of likely N-dealkylation sites (N-methyl/N-ethyl adjacent to an activating group) is 2. The minimum absolute atomic E-state index is 0.00294. The molecule has 2 N–H and O–H groups in total. The van der Waals surface area contributed by atoms with E-state index in [1.807, 2.05) is 13.8 Å². The first kappa shape index (κ1) is 19.6. The number of nitrogens with zero attached hydrogens (tertiary/aromatic N) is 2. The van der Waals surface area contributed by atoms with E-state index in [1.54, 1.807) is 24.9 Å². The summed E-state index contributed by atoms with van der Waals surface area (Å²) in [6.45, 7) is 7.20. The Labute approximate surface area is 141 Å². The second kappa shape index (κ2) is 8.97. The van der Waals surface area contributed by atoms with Crippen molar-refractivity contribution in [3.05, 3.63) is 33.9 Å². The van der Waals surface area contributed by atoms with Crippen LogP contribution < -0.4 is 10.2 Å². The van der Waals surface area contributed by atoms with Crippen LogP contribution in [0.25, 0.3) is 0 Å². The molecule has 1 unspecified atom stereocenters. The molecule has 0 saturated heterocycles. The molecule has 132 valence electrons. The summed E-state index contributed by atoms with van der Waals surface area (Å²) in [4.78, 5) is 36.9. The van der Waals surface area contributed by atoms with Gasteiger partial charge in [-0.25, -0.2) is 0 Å². The molecule has 0 heterocycles. The SMILES string of the molecule is CCN(CC)C(=O)C[NH+](C)CC(=O)Nc1cc([N+](=O)[O-])ccc1C. The monoisotopic (exact) mass is 337 g/mol. The summed E-state index contributed by atoms with van der Waals surface area (Å²) in [5, 5.41) is 13.5. The normalized spacial score (nSPS) is 11.7. The van der Waals surface area contributed by atoms with Crippen LogP contribution in [-0.4, -0.2) is 54.9 Å². The third-order valence-electron chi connectivity index (χ3n) is 3.74. The molecule has 24 heavy (non-hydrogen) atoms. The first-order valence-corrected chi connectivity index (χ1v) is 7.92. The quantitative estimate of drug-likeness (QED) is 0.524. The first-order valence-electron chi connectivity index (χ1n) is 7.92. The maximum absolute atomic E-state index is 12.1. The summed E-state index contributed by atoms with van der Waals surface area (Å²) in [5.41, 5.74) is 1.08. The third kappa shape index (κ3) is 5.62. The number of amides is 2. The Balaban J connectivity index is 2.64. The van der Waals surface area contributed by atoms with Crippen molar-refractivity contribution in [2.45, 2.75) is 20.8 Å². The smallest absolute Gasteiger partial charge is 0.279 e. The molecule has 0 aromatic heterocycles. The number of benzene rings is 1. The average Bonchev–Trinajstić information content (AvgIpc) is 2.50. The van der Waals surface area contributed by atoms with E-state index in [1.165, 1.54) is 12.1 Å². The van der Waals surface area contributed by atoms with E-state index >= 15 is 0 Å². The molecule has 8 nitrogen and oxygen atoms in total. The Morgan fingerprint density at radius 3 is 2.42 bits per heavy atom. The van der Waals surface area contributed by atoms with E-state index in [2.05, 4.69) is 5.32 Å². The lowest BCUT2D eigenvalue weighted by molar-refractivity contribution is -0.862. The van der Waals surface area contributed by atoms with Crippen molar-refractivity contribution in [3.63, 3.8) is 0 Å². The number of non-ortho nitro benzene ring substituents is 1. The molecule has 0 saturated carbocycles. The van der Waals surface area contributed by atoms with Crippen LogP contribution in [0.3, 0.4) is 0 Å². The minimum atomic E-state index is -0.505. The Bertz CT molecular complexity index is 614. The number of aryl methyl sites for hydroxylation is 1. The lowest BCUT2D eigenvalue weighted by Crippen LogP contribution is -3.11. The number of hydrogen-bond donors (Lipinski definition) is 2. The summed E-state index contributed by atoms with van der Waals surface area (Å²) in [6.07, 6.45) is 0. The van der Waals surface area contributed by atoms with Gasteiger partial charge in [0, 0.05) is 25.2 Å². The number of nitrogens with one attached hydrogen (secondary N) is 2. The second-order valence-corrected chi connectivity index (χ2v) is 5.68. The highest BCUT2D eigenvalue weighted by Gasteiger charge is 2.18. The molecule has 8 heteroatoms. The summed E-state index contributed by atoms with van der Waals surface area (Å²) in [5.74, 6) is -0.291. The lowest BCUT2D eigenvalue weighted by Gasteiger charge is -2.21. The number of carbonyl (C=O) groups excluding carboxylic acids is 2. The van der Waals surface area contributed by atoms with Gasteiger partial charge in [0.15, 0.2) is 13.1 Å². The van der Waals surface area contributed by atoms with Crippen LogP contribution in [0.4, 0.5) is 11.4 Å². The first-order chi connectivity index (χ1) is 11.3. The van der Waals surface area contributed by atoms with Crippen LogP contribution in [0.5, 0.6) is 0 Å². The van der Waals surface area contributed by atoms with Crippen LogP contribution in [-0.2, 0) is 9.59 Å². The number of rotatable bonds is 8. The number of hydrogen-bond acceptors (Lipinski definition) is 4. The fraction of sp³-hybridized carbons (Fsp3) is 0.500. The van der Waals surface area contributed by atoms with Gasteiger partial charge in [0.05, 0.1) is 17.7 Å². The topological polar surface area (TPSA) is 97.0 Å². The Hall–Kier alpha value is -2.48. The van der Waals surface area contributed by atoms with E-state index < -0.39 is 4.92 Å². The predicted octanol–water partition coefficient (Wildman–Crippen LogP) is 0.225. The third-order valence-corrected chi connectivity index (χ3v) is 3.74. The van der Waals surface area contributed by atoms with Gasteiger partial charge in [-0.1, -0.05) is 6.07 Å². The molecule has 0 aliphatic rings. The van der Waals surface area contributed by atoms with Crippen molar-refractivity contribution in [1.29, 1.82) is 0 Å². The number of carbonyl (C=O) groups is 2. The molecule has 0 aliphatic carbocycles. The van der Waals surface area contributed by atoms with Gasteiger partial charge in [0.25, 0.3) is 17.5 Å². The molecule has 0 radical (unpaired) electrons. The van der Waals surface area contributed by atoms with Crippen molar-refractivity contribution in [3.8, 4) is 0 Å². The van der Waals surface area contributed by atoms with Crippen molar-refractivity contribution in [1.82, 2.24) is 4.90 Å². The second-order valence-electron chi connectivity index (χ2n) is 5.68. The molecule has 0 bridgehead atoms. The maximum atomic E-state index is 12.1. The van der Waals surface area contributed by atoms with Gasteiger partial charge in [-0.15, -0.1) is 0 Å². The molecule has 1 aromatic carbocycles. The molecule has 0 aliphatic heterocycles. The van der Waals surface area contributed by atoms with E-state index in [0.29, 0.717) is 18.8 Å². The van der Waals surface area contributed by atoms with Gasteiger partial charge in [-0.2, -0.15) is 0 Å². The zero-order chi connectivity index (χ0) is 18.3. The van der Waals surface area contributed by atoms with Gasteiger partial charge >= 0.3 is 0 Å². The lowest BCUT2D eigenvalue weighted by atomic mass is 10.2. The van der Waals surface area contributed by atoms with Crippen molar-refractivity contribution < 1.29 is 19.4 Å². The molecule has 2 amide bonds. The standard InChI is InChI=1S/C16H24N4O4/c1-5-19(6-2)16(22)11-18(4)10-15(21)17-14-9-13(20(23)24)8-7-12(14)3/h7-9H,5-6,10-11H2,1-4H3,(H,17,21)/p+1. The predicted molar refractivity (Wildman–Crippen MR) is 91.0 cm³/mol. The maximum Gasteiger partial charge on any atom is 0.279 e. The minimum Gasteiger partial charge on any atom is -0.338 e. The zero-order valence-electron chi connectivity index (χ0n) is 14.6. The zero-order valence-corrected chi connectivity index (χ0v) is 14.6. The molecular formula is C16H25N4O4+. The van der Waals surface area contributed by atoms with Crippen molar-refractivity contribution in [2.24, 2.45) is 0 Å². The molecular weight excluding hydrogens is 312 g/mol. The van der Waals surface area contributed by atoms with Crippen molar-refractivity contribution in [2.75, 3.05) is 38.5 Å². The highest BCUT2D eigenvalue weighted by atomic mass is 16.6. The van der Waals surface area contributed by atoms with Crippen LogP contribution in [0.1, 0.15) is 19.4 Å². The summed E-state index contributed by atoms with van der Waals surface area (Å²) < 4.78 is 0. The number of anilines is 1. The fourth-order valence-electron chi connectivity index (χ4n) is 2.34. The summed E-state index contributed by atoms with van der Waals surface area (Å²) in [7, 11) is 1.77. The van der Waals surface area contributed by atoms with Gasteiger partial charge in [0.1, 0.15) is 0 Å². The van der Waals surface area contributed by atoms with Crippen LogP contribution in [0, 0.1) is 17.0 Å². The average molecular weight is 337 g/mol. The molecule has 1 aromatic rings. The van der Waals surface area contributed by atoms with Crippen LogP contribution in [0.2, 0.25) is 0 Å². The number of nitro groups is 1. The Morgan fingerprint density at radius 1 is 1.25 bits per heavy atom. The fourth-order valence-corrected chi connectivity index (χ4v) is 2.34. The van der Waals surface area contributed by atoms with E-state index in [0.717, 1.165) is 10.5 Å². The molecule has 0 fully saturated rings. The van der Waals surface area contributed by atoms with Gasteiger partial charge in [-0.3, -0.25) is 19.7 Å².